The maximum absolute atomic E-state index is 12.3. The summed E-state index contributed by atoms with van der Waals surface area (Å²) in [7, 11) is 0. The van der Waals surface area contributed by atoms with Gasteiger partial charge in [-0.1, -0.05) is 0 Å². The van der Waals surface area contributed by atoms with Gasteiger partial charge in [-0.3, -0.25) is 14.5 Å². The van der Waals surface area contributed by atoms with Crippen LogP contribution in [0, 0.1) is 0 Å². The minimum atomic E-state index is -0.845. The van der Waals surface area contributed by atoms with Crippen molar-refractivity contribution in [3.63, 3.8) is 0 Å². The van der Waals surface area contributed by atoms with Gasteiger partial charge in [0.25, 0.3) is 0 Å². The molecular formula is C12H20N4O4. The normalized spacial score (nSPS) is 21.3. The number of carbonyl (C=O) groups is 3. The van der Waals surface area contributed by atoms with Crippen molar-refractivity contribution in [2.45, 2.75) is 6.42 Å². The molecule has 2 aliphatic rings. The fourth-order valence-corrected chi connectivity index (χ4v) is 2.45. The first kappa shape index (κ1) is 14.6. The molecule has 112 valence electrons. The number of nitrogens with zero attached hydrogens (tertiary/aromatic N) is 3. The minimum Gasteiger partial charge on any atom is -0.480 e. The average Bonchev–Trinajstić information content (AvgIpc) is 2.63. The Hall–Kier alpha value is -1.83. The lowest BCUT2D eigenvalue weighted by molar-refractivity contribution is -0.138. The molecule has 0 unspecified atom stereocenters. The molecule has 8 heteroatoms. The molecule has 2 N–H and O–H groups in total. The van der Waals surface area contributed by atoms with Gasteiger partial charge in [-0.25, -0.2) is 4.79 Å². The summed E-state index contributed by atoms with van der Waals surface area (Å²) in [5, 5.41) is 11.5. The van der Waals surface area contributed by atoms with E-state index in [-0.39, 0.29) is 18.5 Å². The average molecular weight is 284 g/mol. The number of hydrogen-bond acceptors (Lipinski definition) is 4. The molecule has 0 radical (unpaired) electrons. The molecule has 2 fully saturated rings. The van der Waals surface area contributed by atoms with Gasteiger partial charge < -0.3 is 20.2 Å². The number of nitrogens with one attached hydrogen (secondary N) is 1. The Morgan fingerprint density at radius 1 is 1.05 bits per heavy atom. The number of rotatable bonds is 2. The molecule has 0 saturated carbocycles. The van der Waals surface area contributed by atoms with Crippen molar-refractivity contribution in [1.29, 1.82) is 0 Å². The number of hydrogen-bond donors (Lipinski definition) is 2. The molecule has 0 spiro atoms. The zero-order valence-corrected chi connectivity index (χ0v) is 11.4. The van der Waals surface area contributed by atoms with Crippen LogP contribution >= 0.6 is 0 Å². The van der Waals surface area contributed by atoms with Gasteiger partial charge in [0.2, 0.25) is 5.91 Å². The summed E-state index contributed by atoms with van der Waals surface area (Å²) in [6.07, 6.45) is 0.338. The first-order valence-corrected chi connectivity index (χ1v) is 6.81. The number of carbonyl (C=O) groups excluding carboxylic acids is 2. The third kappa shape index (κ3) is 3.83. The Bertz CT molecular complexity index is 393. The SMILES string of the molecule is O=C(O)CN1CCN(C(=O)N2CCNC(=O)CC2)CC1. The lowest BCUT2D eigenvalue weighted by atomic mass is 10.3. The Morgan fingerprint density at radius 3 is 2.35 bits per heavy atom. The van der Waals surface area contributed by atoms with Crippen LogP contribution in [0.1, 0.15) is 6.42 Å². The van der Waals surface area contributed by atoms with Crippen LogP contribution in [0.2, 0.25) is 0 Å². The van der Waals surface area contributed by atoms with Crippen molar-refractivity contribution in [2.24, 2.45) is 0 Å². The van der Waals surface area contributed by atoms with Crippen LogP contribution in [0.4, 0.5) is 4.79 Å². The maximum Gasteiger partial charge on any atom is 0.320 e. The fraction of sp³-hybridized carbons (Fsp3) is 0.750. The molecule has 3 amide bonds. The highest BCUT2D eigenvalue weighted by molar-refractivity contribution is 5.79. The molecule has 2 aliphatic heterocycles. The molecule has 0 aromatic heterocycles. The molecule has 0 atom stereocenters. The van der Waals surface area contributed by atoms with Crippen LogP contribution in [-0.4, -0.2) is 90.1 Å². The van der Waals surface area contributed by atoms with E-state index in [1.165, 1.54) is 0 Å². The topological polar surface area (TPSA) is 93.2 Å². The smallest absolute Gasteiger partial charge is 0.320 e. The summed E-state index contributed by atoms with van der Waals surface area (Å²) < 4.78 is 0. The third-order valence-electron chi connectivity index (χ3n) is 3.58. The van der Waals surface area contributed by atoms with E-state index < -0.39 is 5.97 Å². The highest BCUT2D eigenvalue weighted by Crippen LogP contribution is 2.07. The lowest BCUT2D eigenvalue weighted by Gasteiger charge is -2.36. The summed E-state index contributed by atoms with van der Waals surface area (Å²) in [4.78, 5) is 39.4. The van der Waals surface area contributed by atoms with E-state index in [0.717, 1.165) is 0 Å². The molecule has 0 aromatic carbocycles. The second-order valence-electron chi connectivity index (χ2n) is 5.03. The van der Waals surface area contributed by atoms with Crippen molar-refractivity contribution in [1.82, 2.24) is 20.0 Å². The second-order valence-corrected chi connectivity index (χ2v) is 5.03. The molecule has 20 heavy (non-hydrogen) atoms. The molecule has 0 aliphatic carbocycles. The van der Waals surface area contributed by atoms with Crippen LogP contribution in [0.15, 0.2) is 0 Å². The number of amides is 3. The van der Waals surface area contributed by atoms with E-state index in [1.54, 1.807) is 9.80 Å². The van der Waals surface area contributed by atoms with Crippen molar-refractivity contribution in [3.8, 4) is 0 Å². The summed E-state index contributed by atoms with van der Waals surface area (Å²) in [6, 6.07) is -0.0588. The predicted molar refractivity (Wildman–Crippen MR) is 70.2 cm³/mol. The summed E-state index contributed by atoms with van der Waals surface area (Å²) in [5.41, 5.74) is 0. The Kier molecular flexibility index (Phi) is 4.78. The molecule has 8 nitrogen and oxygen atoms in total. The fourth-order valence-electron chi connectivity index (χ4n) is 2.45. The maximum atomic E-state index is 12.3. The van der Waals surface area contributed by atoms with Crippen molar-refractivity contribution in [2.75, 3.05) is 52.4 Å². The third-order valence-corrected chi connectivity index (χ3v) is 3.58. The van der Waals surface area contributed by atoms with E-state index in [2.05, 4.69) is 5.32 Å². The Balaban J connectivity index is 1.82. The standard InChI is InChI=1S/C12H20N4O4/c17-10-1-3-15(4-2-13-10)12(20)16-7-5-14(6-8-16)9-11(18)19/h1-9H2,(H,13,17)(H,18,19). The first-order valence-electron chi connectivity index (χ1n) is 6.81. The van der Waals surface area contributed by atoms with Gasteiger partial charge in [-0.2, -0.15) is 0 Å². The molecular weight excluding hydrogens is 264 g/mol. The van der Waals surface area contributed by atoms with Gasteiger partial charge in [-0.15, -0.1) is 0 Å². The van der Waals surface area contributed by atoms with Gasteiger partial charge >= 0.3 is 12.0 Å². The van der Waals surface area contributed by atoms with E-state index in [9.17, 15) is 14.4 Å². The molecule has 2 rings (SSSR count). The van der Waals surface area contributed by atoms with Gasteiger partial charge in [-0.05, 0) is 0 Å². The van der Waals surface area contributed by atoms with Gasteiger partial charge in [0.1, 0.15) is 0 Å². The largest absolute Gasteiger partial charge is 0.480 e. The number of piperazine rings is 1. The van der Waals surface area contributed by atoms with Crippen molar-refractivity contribution >= 4 is 17.9 Å². The number of aliphatic carboxylic acids is 1. The van der Waals surface area contributed by atoms with E-state index in [4.69, 9.17) is 5.11 Å². The van der Waals surface area contributed by atoms with E-state index >= 15 is 0 Å². The highest BCUT2D eigenvalue weighted by atomic mass is 16.4. The first-order chi connectivity index (χ1) is 9.56. The van der Waals surface area contributed by atoms with Crippen molar-refractivity contribution < 1.29 is 19.5 Å². The Morgan fingerprint density at radius 2 is 1.70 bits per heavy atom. The van der Waals surface area contributed by atoms with Gasteiger partial charge in [0, 0.05) is 52.2 Å². The molecule has 0 aromatic rings. The number of urea groups is 1. The van der Waals surface area contributed by atoms with Crippen LogP contribution in [-0.2, 0) is 9.59 Å². The van der Waals surface area contributed by atoms with Crippen LogP contribution in [0.25, 0.3) is 0 Å². The molecule has 0 bridgehead atoms. The zero-order chi connectivity index (χ0) is 14.5. The predicted octanol–water partition coefficient (Wildman–Crippen LogP) is -1.37. The summed E-state index contributed by atoms with van der Waals surface area (Å²) in [5.74, 6) is -0.867. The number of carboxylic acids is 1. The van der Waals surface area contributed by atoms with E-state index in [0.29, 0.717) is 52.2 Å². The molecule has 2 saturated heterocycles. The monoisotopic (exact) mass is 284 g/mol. The summed E-state index contributed by atoms with van der Waals surface area (Å²) in [6.45, 7) is 3.69. The summed E-state index contributed by atoms with van der Waals surface area (Å²) >= 11 is 0. The second kappa shape index (κ2) is 6.56. The lowest BCUT2D eigenvalue weighted by Crippen LogP contribution is -2.54. The minimum absolute atomic E-state index is 0.0180. The van der Waals surface area contributed by atoms with Crippen LogP contribution in [0.5, 0.6) is 0 Å². The Labute approximate surface area is 117 Å². The van der Waals surface area contributed by atoms with Crippen LogP contribution in [0.3, 0.4) is 0 Å². The van der Waals surface area contributed by atoms with Gasteiger partial charge in [0.05, 0.1) is 6.54 Å². The highest BCUT2D eigenvalue weighted by Gasteiger charge is 2.27. The van der Waals surface area contributed by atoms with Crippen LogP contribution < -0.4 is 5.32 Å². The van der Waals surface area contributed by atoms with E-state index in [1.807, 2.05) is 4.90 Å². The van der Waals surface area contributed by atoms with Gasteiger partial charge in [0.15, 0.2) is 0 Å². The zero-order valence-electron chi connectivity index (χ0n) is 11.4. The quantitative estimate of drug-likeness (QED) is 0.652. The number of carboxylic acid groups (broad SMARTS) is 1. The molecule has 2 heterocycles. The van der Waals surface area contributed by atoms with Crippen molar-refractivity contribution in [3.05, 3.63) is 0 Å².